The van der Waals surface area contributed by atoms with Gasteiger partial charge in [-0.25, -0.2) is 0 Å². The second kappa shape index (κ2) is 9.12. The van der Waals surface area contributed by atoms with Gasteiger partial charge in [-0.05, 0) is 0 Å². The van der Waals surface area contributed by atoms with Crippen molar-refractivity contribution >= 4 is 7.69 Å². The second-order valence-corrected chi connectivity index (χ2v) is 0.141. The number of hydrogen-bond donors (Lipinski definition) is 2. The summed E-state index contributed by atoms with van der Waals surface area (Å²) in [7, 11) is -0.750. The molecule has 0 aliphatic heterocycles. The van der Waals surface area contributed by atoms with E-state index in [1.165, 1.54) is 0 Å². The van der Waals surface area contributed by atoms with Gasteiger partial charge in [0.25, 0.3) is 0 Å². The first-order valence-corrected chi connectivity index (χ1v) is 0.632. The van der Waals surface area contributed by atoms with Gasteiger partial charge in [-0.1, -0.05) is 0 Å². The Hall–Kier alpha value is 0.868. The minimum absolute atomic E-state index is 0. The van der Waals surface area contributed by atoms with E-state index in [9.17, 15) is 0 Å². The molecule has 0 atom stereocenters. The predicted octanol–water partition coefficient (Wildman–Crippen LogP) is -1.77. The molecule has 4 heteroatoms. The maximum atomic E-state index is 7.12. The first-order chi connectivity index (χ1) is 1.41. The fourth-order valence-electron chi connectivity index (χ4n) is 0. The molecule has 0 radical (unpaired) electrons. The van der Waals surface area contributed by atoms with E-state index >= 15 is 0 Å². The second-order valence-electron chi connectivity index (χ2n) is 0.141. The molecule has 0 aromatic rings. The van der Waals surface area contributed by atoms with Crippen molar-refractivity contribution in [3.05, 3.63) is 0 Å². The van der Waals surface area contributed by atoms with E-state index in [4.69, 9.17) is 10.0 Å². The van der Waals surface area contributed by atoms with Gasteiger partial charge < -0.3 is 10.0 Å². The van der Waals surface area contributed by atoms with E-state index in [1.54, 1.807) is 0 Å². The van der Waals surface area contributed by atoms with Crippen LogP contribution in [0.15, 0.2) is 0 Å². The van der Waals surface area contributed by atoms with Crippen LogP contribution < -0.4 is 0 Å². The third-order valence-corrected chi connectivity index (χ3v) is 0. The van der Waals surface area contributed by atoms with Gasteiger partial charge >= 0.3 is 33.9 Å². The summed E-state index contributed by atoms with van der Waals surface area (Å²) in [6.45, 7) is 0. The van der Waals surface area contributed by atoms with E-state index in [-0.39, 0.29) is 26.2 Å². The Morgan fingerprint density at radius 1 is 1.25 bits per heavy atom. The minimum atomic E-state index is -0.750. The zero-order valence-corrected chi connectivity index (χ0v) is 4.56. The molecular formula is H3BO2Zr+4. The van der Waals surface area contributed by atoms with Crippen molar-refractivity contribution in [1.29, 1.82) is 0 Å². The molecule has 0 aliphatic carbocycles. The monoisotopic (exact) mass is 136 g/mol. The molecule has 0 rings (SSSR count). The van der Waals surface area contributed by atoms with Gasteiger partial charge in [-0.15, -0.1) is 0 Å². The van der Waals surface area contributed by atoms with Gasteiger partial charge in [-0.2, -0.15) is 0 Å². The van der Waals surface area contributed by atoms with Gasteiger partial charge in [0.05, 0.1) is 0 Å². The summed E-state index contributed by atoms with van der Waals surface area (Å²) in [5.41, 5.74) is 0. The van der Waals surface area contributed by atoms with E-state index in [0.717, 1.165) is 0 Å². The molecule has 4 heavy (non-hydrogen) atoms. The molecule has 0 amide bonds. The summed E-state index contributed by atoms with van der Waals surface area (Å²) in [5.74, 6) is 0. The summed E-state index contributed by atoms with van der Waals surface area (Å²) >= 11 is 0. The first-order valence-electron chi connectivity index (χ1n) is 0.632. The van der Waals surface area contributed by atoms with E-state index in [2.05, 4.69) is 0 Å². The molecule has 18 valence electrons. The van der Waals surface area contributed by atoms with Crippen LogP contribution in [-0.4, -0.2) is 17.7 Å². The average molecular weight is 137 g/mol. The molecule has 0 heterocycles. The average Bonchev–Trinajstić information content (AvgIpc) is 0.918. The molecule has 0 unspecified atom stereocenters. The van der Waals surface area contributed by atoms with Crippen LogP contribution in [0.3, 0.4) is 0 Å². The van der Waals surface area contributed by atoms with Crippen LogP contribution in [-0.2, 0) is 26.2 Å². The van der Waals surface area contributed by atoms with E-state index in [0.29, 0.717) is 0 Å². The van der Waals surface area contributed by atoms with Crippen molar-refractivity contribution < 1.29 is 36.3 Å². The zero-order valence-electron chi connectivity index (χ0n) is 2.10. The normalized spacial score (nSPS) is 3.50. The van der Waals surface area contributed by atoms with Gasteiger partial charge in [-0.3, -0.25) is 0 Å². The summed E-state index contributed by atoms with van der Waals surface area (Å²) in [4.78, 5) is 0. The van der Waals surface area contributed by atoms with Crippen LogP contribution in [0.4, 0.5) is 0 Å². The molecule has 2 nitrogen and oxygen atoms in total. The molecule has 0 aromatic heterocycles. The largest absolute Gasteiger partial charge is 4.00 e. The van der Waals surface area contributed by atoms with Crippen molar-refractivity contribution in [2.45, 2.75) is 0 Å². The van der Waals surface area contributed by atoms with Gasteiger partial charge in [0, 0.05) is 0 Å². The Bertz CT molecular complexity index is 6.00. The van der Waals surface area contributed by atoms with Crippen LogP contribution in [0.2, 0.25) is 0 Å². The Labute approximate surface area is 44.3 Å². The van der Waals surface area contributed by atoms with Crippen molar-refractivity contribution in [2.24, 2.45) is 0 Å². The summed E-state index contributed by atoms with van der Waals surface area (Å²) in [5, 5.41) is 14.2. The fourth-order valence-corrected chi connectivity index (χ4v) is 0. The van der Waals surface area contributed by atoms with Crippen molar-refractivity contribution in [2.75, 3.05) is 0 Å². The summed E-state index contributed by atoms with van der Waals surface area (Å²) in [6, 6.07) is 0. The predicted molar refractivity (Wildman–Crippen MR) is 11.6 cm³/mol. The smallest absolute Gasteiger partial charge is 0.430 e. The maximum Gasteiger partial charge on any atom is 4.00 e. The quantitative estimate of drug-likeness (QED) is 0.388. The van der Waals surface area contributed by atoms with Crippen LogP contribution in [0.5, 0.6) is 0 Å². The van der Waals surface area contributed by atoms with Crippen molar-refractivity contribution in [1.82, 2.24) is 0 Å². The van der Waals surface area contributed by atoms with Crippen LogP contribution in [0, 0.1) is 0 Å². The third-order valence-electron chi connectivity index (χ3n) is 0. The molecule has 0 saturated carbocycles. The van der Waals surface area contributed by atoms with Crippen molar-refractivity contribution in [3.63, 3.8) is 0 Å². The van der Waals surface area contributed by atoms with Gasteiger partial charge in [0.1, 0.15) is 0 Å². The Kier molecular flexibility index (Phi) is 20.2. The molecule has 0 aromatic carbocycles. The molecular weight excluding hydrogens is 134 g/mol. The topological polar surface area (TPSA) is 40.5 Å². The van der Waals surface area contributed by atoms with Crippen molar-refractivity contribution in [3.8, 4) is 0 Å². The third kappa shape index (κ3) is 13.3. The molecule has 0 fully saturated rings. The maximum absolute atomic E-state index is 7.12. The van der Waals surface area contributed by atoms with Crippen LogP contribution >= 0.6 is 0 Å². The van der Waals surface area contributed by atoms with E-state index in [1.807, 2.05) is 0 Å². The molecule has 0 saturated heterocycles. The summed E-state index contributed by atoms with van der Waals surface area (Å²) < 4.78 is 0. The standard InChI is InChI=1S/BH3O2.Zr/c2-1-3;/h1-3H;/q;+4. The molecule has 0 aliphatic rings. The minimum Gasteiger partial charge on any atom is -0.430 e. The summed E-state index contributed by atoms with van der Waals surface area (Å²) in [6.07, 6.45) is 0. The van der Waals surface area contributed by atoms with Gasteiger partial charge in [0.15, 0.2) is 0 Å². The molecule has 2 N–H and O–H groups in total. The zero-order chi connectivity index (χ0) is 2.71. The fraction of sp³-hybridized carbons (Fsp3) is 0. The van der Waals surface area contributed by atoms with Gasteiger partial charge in [0.2, 0.25) is 0 Å². The molecule has 0 bridgehead atoms. The number of hydrogen-bond acceptors (Lipinski definition) is 2. The first kappa shape index (κ1) is 8.85. The van der Waals surface area contributed by atoms with E-state index < -0.39 is 7.69 Å². The van der Waals surface area contributed by atoms with Crippen LogP contribution in [0.25, 0.3) is 0 Å². The Balaban J connectivity index is 0. The Morgan fingerprint density at radius 2 is 1.25 bits per heavy atom. The van der Waals surface area contributed by atoms with Crippen LogP contribution in [0.1, 0.15) is 0 Å². The molecule has 0 spiro atoms. The SMILES string of the molecule is OBO.[Zr+4]. The Morgan fingerprint density at radius 3 is 1.25 bits per heavy atom. The number of rotatable bonds is 0.